The molecule has 0 aliphatic rings. The van der Waals surface area contributed by atoms with Gasteiger partial charge in [-0.1, -0.05) is 0 Å². The molecule has 0 heterocycles. The van der Waals surface area contributed by atoms with Gasteiger partial charge in [-0.15, -0.1) is 0 Å². The Bertz CT molecular complexity index is 795. The number of nitrogens with zero attached hydrogens (tertiary/aromatic N) is 1. The van der Waals surface area contributed by atoms with E-state index in [0.717, 1.165) is 6.54 Å². The van der Waals surface area contributed by atoms with Gasteiger partial charge in [-0.25, -0.2) is 4.57 Å². The second-order valence-electron chi connectivity index (χ2n) is 7.07. The zero-order valence-electron chi connectivity index (χ0n) is 16.7. The standard InChI is InChI=1S/C22H26NP.H3O4P/c1-23(2)18-19-24(20-12-6-3-7-13-20,21-14-8-4-9-15-21)22-16-10-5-11-17-22;1-5(2,3)4/h3-17,24H,18-19H2,1-2H3;(H3,1,2,3,4). The molecular formula is C22H29NO4P2. The van der Waals surface area contributed by atoms with Gasteiger partial charge in [0.2, 0.25) is 0 Å². The van der Waals surface area contributed by atoms with E-state index < -0.39 is 15.1 Å². The third-order valence-electron chi connectivity index (χ3n) is 4.73. The van der Waals surface area contributed by atoms with Crippen LogP contribution in [0.25, 0.3) is 0 Å². The van der Waals surface area contributed by atoms with E-state index in [4.69, 9.17) is 19.2 Å². The number of hydrogen-bond donors (Lipinski definition) is 3. The van der Waals surface area contributed by atoms with Crippen LogP contribution >= 0.6 is 15.1 Å². The van der Waals surface area contributed by atoms with E-state index in [9.17, 15) is 0 Å². The quantitative estimate of drug-likeness (QED) is 0.520. The molecular weight excluding hydrogens is 404 g/mol. The molecule has 0 saturated heterocycles. The third kappa shape index (κ3) is 7.17. The van der Waals surface area contributed by atoms with Crippen molar-refractivity contribution in [1.82, 2.24) is 4.90 Å². The second kappa shape index (κ2) is 10.8. The Labute approximate surface area is 173 Å². The van der Waals surface area contributed by atoms with E-state index in [1.165, 1.54) is 22.1 Å². The van der Waals surface area contributed by atoms with Crippen LogP contribution < -0.4 is 15.9 Å². The smallest absolute Gasteiger partial charge is 0.303 e. The Hall–Kier alpha value is -1.84. The van der Waals surface area contributed by atoms with E-state index >= 15 is 0 Å². The van der Waals surface area contributed by atoms with E-state index in [-0.39, 0.29) is 0 Å². The van der Waals surface area contributed by atoms with Crippen molar-refractivity contribution in [2.24, 2.45) is 0 Å². The first-order chi connectivity index (χ1) is 13.7. The molecule has 3 aromatic carbocycles. The summed E-state index contributed by atoms with van der Waals surface area (Å²) < 4.78 is 8.88. The maximum atomic E-state index is 8.88. The minimum absolute atomic E-state index is 1.09. The van der Waals surface area contributed by atoms with Crippen LogP contribution in [-0.2, 0) is 4.57 Å². The van der Waals surface area contributed by atoms with Gasteiger partial charge >= 0.3 is 154 Å². The second-order valence-corrected chi connectivity index (χ2v) is 12.1. The molecule has 0 aliphatic heterocycles. The predicted octanol–water partition coefficient (Wildman–Crippen LogP) is 2.35. The molecule has 3 rings (SSSR count). The van der Waals surface area contributed by atoms with Crippen LogP contribution in [0.1, 0.15) is 0 Å². The SMILES string of the molecule is CN(C)CC[PH](c1ccccc1)(c1ccccc1)c1ccccc1.O=P(O)(O)O. The first-order valence-corrected chi connectivity index (χ1v) is 13.1. The normalized spacial score (nSPS) is 12.2. The zero-order valence-corrected chi connectivity index (χ0v) is 18.6. The van der Waals surface area contributed by atoms with Gasteiger partial charge in [-0.05, 0) is 0 Å². The van der Waals surface area contributed by atoms with Crippen LogP contribution in [0.15, 0.2) is 91.0 Å². The Kier molecular flexibility index (Phi) is 8.73. The van der Waals surface area contributed by atoms with Crippen molar-refractivity contribution in [2.75, 3.05) is 26.8 Å². The average Bonchev–Trinajstić information content (AvgIpc) is 2.70. The number of rotatable bonds is 6. The van der Waals surface area contributed by atoms with Gasteiger partial charge in [-0.2, -0.15) is 0 Å². The molecule has 0 radical (unpaired) electrons. The Morgan fingerprint density at radius 3 is 1.21 bits per heavy atom. The van der Waals surface area contributed by atoms with Crippen molar-refractivity contribution in [3.8, 4) is 0 Å². The minimum atomic E-state index is -4.64. The summed E-state index contributed by atoms with van der Waals surface area (Å²) in [5, 5.41) is 4.47. The zero-order chi connectivity index (χ0) is 21.3. The van der Waals surface area contributed by atoms with Gasteiger partial charge in [-0.3, -0.25) is 0 Å². The summed E-state index contributed by atoms with van der Waals surface area (Å²) in [6.07, 6.45) is 1.18. The van der Waals surface area contributed by atoms with Crippen molar-refractivity contribution >= 4 is 31.0 Å². The molecule has 0 aromatic heterocycles. The van der Waals surface area contributed by atoms with Gasteiger partial charge < -0.3 is 14.7 Å². The number of benzene rings is 3. The maximum absolute atomic E-state index is 8.88. The summed E-state index contributed by atoms with van der Waals surface area (Å²) in [6, 6.07) is 33.4. The van der Waals surface area contributed by atoms with Crippen LogP contribution in [-0.4, -0.2) is 46.4 Å². The molecule has 29 heavy (non-hydrogen) atoms. The molecule has 0 amide bonds. The summed E-state index contributed by atoms with van der Waals surface area (Å²) in [4.78, 5) is 23.9. The number of phosphoric acid groups is 1. The number of hydrogen-bond acceptors (Lipinski definition) is 2. The Balaban J connectivity index is 0.000000537. The predicted molar refractivity (Wildman–Crippen MR) is 124 cm³/mol. The van der Waals surface area contributed by atoms with Crippen molar-refractivity contribution < 1.29 is 19.2 Å². The molecule has 156 valence electrons. The van der Waals surface area contributed by atoms with Gasteiger partial charge in [0.1, 0.15) is 0 Å². The Morgan fingerprint density at radius 2 is 0.966 bits per heavy atom. The first-order valence-electron chi connectivity index (χ1n) is 9.33. The van der Waals surface area contributed by atoms with E-state index in [1.807, 2.05) is 0 Å². The van der Waals surface area contributed by atoms with Gasteiger partial charge in [0.15, 0.2) is 0 Å². The fourth-order valence-electron chi connectivity index (χ4n) is 3.49. The molecule has 0 bridgehead atoms. The molecule has 0 unspecified atom stereocenters. The average molecular weight is 433 g/mol. The fraction of sp³-hybridized carbons (Fsp3) is 0.182. The molecule has 3 N–H and O–H groups in total. The molecule has 7 heteroatoms. The molecule has 3 aromatic rings. The molecule has 0 saturated carbocycles. The van der Waals surface area contributed by atoms with Crippen molar-refractivity contribution in [2.45, 2.75) is 0 Å². The topological polar surface area (TPSA) is 81.0 Å². The van der Waals surface area contributed by atoms with Gasteiger partial charge in [0.05, 0.1) is 0 Å². The third-order valence-corrected chi connectivity index (χ3v) is 9.66. The van der Waals surface area contributed by atoms with E-state index in [0.29, 0.717) is 0 Å². The summed E-state index contributed by atoms with van der Waals surface area (Å²) in [7, 11) is -2.33. The molecule has 0 spiro atoms. The molecule has 5 nitrogen and oxygen atoms in total. The van der Waals surface area contributed by atoms with Crippen molar-refractivity contribution in [3.05, 3.63) is 91.0 Å². The van der Waals surface area contributed by atoms with Crippen LogP contribution in [0.5, 0.6) is 0 Å². The minimum Gasteiger partial charge on any atom is -0.303 e. The monoisotopic (exact) mass is 433 g/mol. The largest absolute Gasteiger partial charge is 0.466 e. The summed E-state index contributed by atoms with van der Waals surface area (Å²) in [6.45, 7) is 1.09. The van der Waals surface area contributed by atoms with Crippen molar-refractivity contribution in [3.63, 3.8) is 0 Å². The molecule has 0 aliphatic carbocycles. The Morgan fingerprint density at radius 1 is 0.690 bits per heavy atom. The van der Waals surface area contributed by atoms with Gasteiger partial charge in [0, 0.05) is 0 Å². The van der Waals surface area contributed by atoms with Crippen LogP contribution in [0.2, 0.25) is 0 Å². The molecule has 0 atom stereocenters. The van der Waals surface area contributed by atoms with Crippen molar-refractivity contribution in [1.29, 1.82) is 0 Å². The summed E-state index contributed by atoms with van der Waals surface area (Å²) >= 11 is 0. The van der Waals surface area contributed by atoms with Crippen LogP contribution in [0.4, 0.5) is 0 Å². The van der Waals surface area contributed by atoms with E-state index in [2.05, 4.69) is 110 Å². The van der Waals surface area contributed by atoms with Gasteiger partial charge in [0.25, 0.3) is 0 Å². The fourth-order valence-corrected chi connectivity index (χ4v) is 8.43. The van der Waals surface area contributed by atoms with Crippen LogP contribution in [0.3, 0.4) is 0 Å². The molecule has 0 fully saturated rings. The first kappa shape index (κ1) is 23.4. The summed E-state index contributed by atoms with van der Waals surface area (Å²) in [5.74, 6) is 0. The van der Waals surface area contributed by atoms with E-state index in [1.54, 1.807) is 0 Å². The van der Waals surface area contributed by atoms with Crippen LogP contribution in [0, 0.1) is 0 Å². The maximum Gasteiger partial charge on any atom is 0.466 e. The summed E-state index contributed by atoms with van der Waals surface area (Å²) in [5.41, 5.74) is 0.